The van der Waals surface area contributed by atoms with Gasteiger partial charge in [0.2, 0.25) is 0 Å². The van der Waals surface area contributed by atoms with Crippen LogP contribution in [0.3, 0.4) is 0 Å². The van der Waals surface area contributed by atoms with Crippen LogP contribution < -0.4 is 0 Å². The minimum absolute atomic E-state index is 0.0776. The summed E-state index contributed by atoms with van der Waals surface area (Å²) in [5.74, 6) is 1.75. The van der Waals surface area contributed by atoms with Crippen LogP contribution in [0.25, 0.3) is 0 Å². The third-order valence-corrected chi connectivity index (χ3v) is 10.2. The quantitative estimate of drug-likeness (QED) is 0.598. The first-order valence-electron chi connectivity index (χ1n) is 12.7. The maximum absolute atomic E-state index is 13.3. The molecule has 4 heteroatoms. The first-order chi connectivity index (χ1) is 14.6. The molecule has 4 aliphatic carbocycles. The van der Waals surface area contributed by atoms with Crippen molar-refractivity contribution in [2.75, 3.05) is 6.61 Å². The number of ketones is 2. The lowest BCUT2D eigenvalue weighted by Crippen LogP contribution is -2.51. The predicted octanol–water partition coefficient (Wildman–Crippen LogP) is 4.72. The SMILES string of the molecule is CC(CO)CCC(=O)[C@@H](C)[C@H]1C(=O)C[C@H]2[C@@H]3CC=C4C[C@@H](O)CC[C@]4(C)[C@H]3CC[C@]12C. The molecule has 4 rings (SSSR count). The number of fused-ring (bicyclic) bond motifs is 5. The Hall–Kier alpha value is -1.00. The highest BCUT2D eigenvalue weighted by atomic mass is 16.3. The molecule has 0 heterocycles. The van der Waals surface area contributed by atoms with Gasteiger partial charge in [-0.25, -0.2) is 0 Å². The summed E-state index contributed by atoms with van der Waals surface area (Å²) in [6.07, 6.45) is 9.96. The Morgan fingerprint density at radius 1 is 1.16 bits per heavy atom. The lowest BCUT2D eigenvalue weighted by atomic mass is 9.47. The van der Waals surface area contributed by atoms with E-state index in [0.717, 1.165) is 38.5 Å². The topological polar surface area (TPSA) is 74.6 Å². The zero-order valence-corrected chi connectivity index (χ0v) is 19.9. The molecule has 0 radical (unpaired) electrons. The summed E-state index contributed by atoms with van der Waals surface area (Å²) in [4.78, 5) is 26.3. The van der Waals surface area contributed by atoms with E-state index in [9.17, 15) is 19.8 Å². The molecule has 4 nitrogen and oxygen atoms in total. The summed E-state index contributed by atoms with van der Waals surface area (Å²) in [5, 5.41) is 19.5. The Kier molecular flexibility index (Phi) is 6.28. The van der Waals surface area contributed by atoms with Gasteiger partial charge >= 0.3 is 0 Å². The Labute approximate surface area is 187 Å². The monoisotopic (exact) mass is 430 g/mol. The van der Waals surface area contributed by atoms with Crippen LogP contribution in [-0.2, 0) is 9.59 Å². The minimum Gasteiger partial charge on any atom is -0.396 e. The molecular formula is C27H42O4. The largest absolute Gasteiger partial charge is 0.396 e. The Morgan fingerprint density at radius 3 is 2.61 bits per heavy atom. The van der Waals surface area contributed by atoms with E-state index < -0.39 is 0 Å². The average molecular weight is 431 g/mol. The molecule has 0 aromatic heterocycles. The lowest BCUT2D eigenvalue weighted by molar-refractivity contribution is -0.134. The fourth-order valence-electron chi connectivity index (χ4n) is 8.22. The molecule has 4 aliphatic rings. The zero-order chi connectivity index (χ0) is 22.6. The summed E-state index contributed by atoms with van der Waals surface area (Å²) in [5.41, 5.74) is 1.55. The molecule has 0 bridgehead atoms. The summed E-state index contributed by atoms with van der Waals surface area (Å²) in [6.45, 7) is 8.77. The van der Waals surface area contributed by atoms with Crippen LogP contribution in [-0.4, -0.2) is 34.5 Å². The van der Waals surface area contributed by atoms with E-state index >= 15 is 0 Å². The van der Waals surface area contributed by atoms with Gasteiger partial charge in [-0.05, 0) is 79.4 Å². The second-order valence-corrected chi connectivity index (χ2v) is 11.9. The molecule has 3 saturated carbocycles. The Bertz CT molecular complexity index is 756. The van der Waals surface area contributed by atoms with Crippen LogP contribution in [0.15, 0.2) is 11.6 Å². The molecule has 0 aromatic rings. The van der Waals surface area contributed by atoms with Crippen LogP contribution >= 0.6 is 0 Å². The van der Waals surface area contributed by atoms with E-state index in [1.54, 1.807) is 0 Å². The third-order valence-electron chi connectivity index (χ3n) is 10.2. The number of carbonyl (C=O) groups excluding carboxylic acids is 2. The molecule has 31 heavy (non-hydrogen) atoms. The number of aliphatic hydroxyl groups is 2. The van der Waals surface area contributed by atoms with Crippen molar-refractivity contribution in [1.82, 2.24) is 0 Å². The zero-order valence-electron chi connectivity index (χ0n) is 19.9. The second-order valence-electron chi connectivity index (χ2n) is 11.9. The Balaban J connectivity index is 1.54. The summed E-state index contributed by atoms with van der Waals surface area (Å²) in [6, 6.07) is 0. The first-order valence-corrected chi connectivity index (χ1v) is 12.7. The maximum Gasteiger partial charge on any atom is 0.137 e. The molecule has 3 fully saturated rings. The summed E-state index contributed by atoms with van der Waals surface area (Å²) < 4.78 is 0. The predicted molar refractivity (Wildman–Crippen MR) is 121 cm³/mol. The fraction of sp³-hybridized carbons (Fsp3) is 0.852. The van der Waals surface area contributed by atoms with Crippen LogP contribution in [0.1, 0.15) is 85.5 Å². The van der Waals surface area contributed by atoms with Crippen molar-refractivity contribution in [2.24, 2.45) is 46.3 Å². The molecule has 0 aliphatic heterocycles. The average Bonchev–Trinajstić information content (AvgIpc) is 3.01. The number of rotatable bonds is 6. The van der Waals surface area contributed by atoms with Crippen molar-refractivity contribution in [2.45, 2.75) is 91.6 Å². The Morgan fingerprint density at radius 2 is 1.90 bits per heavy atom. The molecule has 9 atom stereocenters. The highest BCUT2D eigenvalue weighted by Gasteiger charge is 2.62. The van der Waals surface area contributed by atoms with Gasteiger partial charge in [0.1, 0.15) is 11.6 Å². The van der Waals surface area contributed by atoms with Gasteiger partial charge in [0.15, 0.2) is 0 Å². The van der Waals surface area contributed by atoms with Gasteiger partial charge in [-0.15, -0.1) is 0 Å². The van der Waals surface area contributed by atoms with E-state index in [2.05, 4.69) is 19.9 Å². The fourth-order valence-corrected chi connectivity index (χ4v) is 8.22. The number of hydrogen-bond acceptors (Lipinski definition) is 4. The van der Waals surface area contributed by atoms with Gasteiger partial charge in [0, 0.05) is 31.3 Å². The van der Waals surface area contributed by atoms with Gasteiger partial charge in [-0.2, -0.15) is 0 Å². The van der Waals surface area contributed by atoms with Crippen molar-refractivity contribution in [1.29, 1.82) is 0 Å². The second kappa shape index (κ2) is 8.41. The van der Waals surface area contributed by atoms with E-state index in [1.165, 1.54) is 5.57 Å². The molecule has 0 saturated heterocycles. The van der Waals surface area contributed by atoms with Crippen molar-refractivity contribution < 1.29 is 19.8 Å². The van der Waals surface area contributed by atoms with Crippen LogP contribution in [0.2, 0.25) is 0 Å². The molecule has 0 spiro atoms. The molecule has 0 aromatic carbocycles. The normalized spacial score (nSPS) is 44.0. The lowest BCUT2D eigenvalue weighted by Gasteiger charge is -2.58. The molecule has 2 N–H and O–H groups in total. The molecule has 1 unspecified atom stereocenters. The standard InChI is InChI=1S/C27H42O4/c1-16(15-28)5-8-23(30)17(2)25-24(31)14-22-20-7-6-18-13-19(29)9-11-26(18,3)21(20)10-12-27(22,25)4/h6,16-17,19-22,25,28-29H,5,7-15H2,1-4H3/t16?,17-,19+,20-,21+,22+,25+,26+,27+/m1/s1. The maximum atomic E-state index is 13.3. The van der Waals surface area contributed by atoms with E-state index in [4.69, 9.17) is 0 Å². The van der Waals surface area contributed by atoms with Crippen molar-refractivity contribution in [3.8, 4) is 0 Å². The number of Topliss-reactive ketones (excluding diaryl/α,β-unsaturated/α-hetero) is 2. The number of hydrogen-bond donors (Lipinski definition) is 2. The van der Waals surface area contributed by atoms with Crippen molar-refractivity contribution in [3.05, 3.63) is 11.6 Å². The van der Waals surface area contributed by atoms with E-state index in [-0.39, 0.29) is 47.1 Å². The third kappa shape index (κ3) is 3.76. The van der Waals surface area contributed by atoms with E-state index in [1.807, 2.05) is 13.8 Å². The summed E-state index contributed by atoms with van der Waals surface area (Å²) >= 11 is 0. The van der Waals surface area contributed by atoms with Gasteiger partial charge in [0.25, 0.3) is 0 Å². The molecule has 0 amide bonds. The van der Waals surface area contributed by atoms with Gasteiger partial charge in [0.05, 0.1) is 6.10 Å². The molecule has 174 valence electrons. The van der Waals surface area contributed by atoms with Crippen LogP contribution in [0, 0.1) is 46.3 Å². The smallest absolute Gasteiger partial charge is 0.137 e. The highest BCUT2D eigenvalue weighted by Crippen LogP contribution is 2.66. The minimum atomic E-state index is -0.222. The van der Waals surface area contributed by atoms with Gasteiger partial charge < -0.3 is 10.2 Å². The first kappa shape index (κ1) is 23.2. The van der Waals surface area contributed by atoms with Crippen LogP contribution in [0.5, 0.6) is 0 Å². The number of carbonyl (C=O) groups is 2. The highest BCUT2D eigenvalue weighted by molar-refractivity contribution is 5.92. The summed E-state index contributed by atoms with van der Waals surface area (Å²) in [7, 11) is 0. The van der Waals surface area contributed by atoms with Gasteiger partial charge in [-0.3, -0.25) is 9.59 Å². The number of aliphatic hydroxyl groups excluding tert-OH is 2. The number of allylic oxidation sites excluding steroid dienone is 1. The van der Waals surface area contributed by atoms with E-state index in [0.29, 0.717) is 42.8 Å². The van der Waals surface area contributed by atoms with Gasteiger partial charge in [-0.1, -0.05) is 39.3 Å². The van der Waals surface area contributed by atoms with Crippen LogP contribution in [0.4, 0.5) is 0 Å². The van der Waals surface area contributed by atoms with Crippen molar-refractivity contribution in [3.63, 3.8) is 0 Å². The van der Waals surface area contributed by atoms with Crippen molar-refractivity contribution >= 4 is 11.6 Å². The molecular weight excluding hydrogens is 388 g/mol.